The molecule has 0 fully saturated rings. The molecule has 0 radical (unpaired) electrons. The van der Waals surface area contributed by atoms with E-state index in [4.69, 9.17) is 10.8 Å². The first-order chi connectivity index (χ1) is 6.57. The third kappa shape index (κ3) is 1.76. The molecule has 0 aliphatic rings. The summed E-state index contributed by atoms with van der Waals surface area (Å²) < 4.78 is 12.9. The van der Waals surface area contributed by atoms with Gasteiger partial charge in [-0.3, -0.25) is 0 Å². The van der Waals surface area contributed by atoms with E-state index in [1.165, 1.54) is 6.07 Å². The predicted octanol–water partition coefficient (Wildman–Crippen LogP) is 1.54. The van der Waals surface area contributed by atoms with Crippen molar-refractivity contribution in [1.82, 2.24) is 0 Å². The van der Waals surface area contributed by atoms with Crippen LogP contribution in [0, 0.1) is 5.82 Å². The summed E-state index contributed by atoms with van der Waals surface area (Å²) in [5.41, 5.74) is 5.10. The summed E-state index contributed by atoms with van der Waals surface area (Å²) >= 11 is 0. The molecular weight excluding hydrogens is 187 g/mol. The number of carboxylic acid groups (broad SMARTS) is 1. The zero-order valence-electron chi connectivity index (χ0n) is 7.67. The summed E-state index contributed by atoms with van der Waals surface area (Å²) in [7, 11) is 0. The SMILES string of the molecule is CCNc1ccc(F)c(N)c1C(=O)O. The first kappa shape index (κ1) is 10.3. The molecule has 76 valence electrons. The van der Waals surface area contributed by atoms with Gasteiger partial charge in [-0.1, -0.05) is 0 Å². The third-order valence-electron chi connectivity index (χ3n) is 1.77. The summed E-state index contributed by atoms with van der Waals surface area (Å²) in [4.78, 5) is 10.8. The minimum absolute atomic E-state index is 0.216. The molecule has 0 saturated heterocycles. The van der Waals surface area contributed by atoms with Crippen LogP contribution in [0.15, 0.2) is 12.1 Å². The molecule has 0 aromatic heterocycles. The number of anilines is 2. The number of halogens is 1. The lowest BCUT2D eigenvalue weighted by Crippen LogP contribution is -2.10. The number of aromatic carboxylic acids is 1. The number of carbonyl (C=O) groups is 1. The van der Waals surface area contributed by atoms with Crippen molar-refractivity contribution in [3.63, 3.8) is 0 Å². The van der Waals surface area contributed by atoms with E-state index >= 15 is 0 Å². The van der Waals surface area contributed by atoms with Gasteiger partial charge in [-0.05, 0) is 19.1 Å². The lowest BCUT2D eigenvalue weighted by molar-refractivity contribution is 0.0698. The number of nitrogens with two attached hydrogens (primary N) is 1. The fraction of sp³-hybridized carbons (Fsp3) is 0.222. The van der Waals surface area contributed by atoms with Gasteiger partial charge in [0.1, 0.15) is 11.4 Å². The summed E-state index contributed by atoms with van der Waals surface area (Å²) in [5.74, 6) is -1.96. The number of hydrogen-bond donors (Lipinski definition) is 3. The van der Waals surface area contributed by atoms with Crippen LogP contribution < -0.4 is 11.1 Å². The Bertz CT molecular complexity index is 366. The highest BCUT2D eigenvalue weighted by atomic mass is 19.1. The van der Waals surface area contributed by atoms with Gasteiger partial charge in [0, 0.05) is 6.54 Å². The van der Waals surface area contributed by atoms with Crippen LogP contribution in [0.25, 0.3) is 0 Å². The van der Waals surface area contributed by atoms with Crippen molar-refractivity contribution in [3.8, 4) is 0 Å². The smallest absolute Gasteiger partial charge is 0.340 e. The van der Waals surface area contributed by atoms with E-state index in [0.29, 0.717) is 12.2 Å². The maximum atomic E-state index is 12.9. The largest absolute Gasteiger partial charge is 0.478 e. The standard InChI is InChI=1S/C9H11FN2O2/c1-2-12-6-4-3-5(10)8(11)7(6)9(13)14/h3-4,12H,2,11H2,1H3,(H,13,14). The van der Waals surface area contributed by atoms with E-state index < -0.39 is 11.8 Å². The second kappa shape index (κ2) is 3.95. The maximum absolute atomic E-state index is 12.9. The van der Waals surface area contributed by atoms with E-state index in [9.17, 15) is 9.18 Å². The maximum Gasteiger partial charge on any atom is 0.340 e. The van der Waals surface area contributed by atoms with Gasteiger partial charge in [-0.2, -0.15) is 0 Å². The molecule has 0 aliphatic heterocycles. The van der Waals surface area contributed by atoms with Crippen molar-refractivity contribution >= 4 is 17.3 Å². The molecule has 1 aromatic carbocycles. The van der Waals surface area contributed by atoms with Crippen molar-refractivity contribution in [2.24, 2.45) is 0 Å². The van der Waals surface area contributed by atoms with Gasteiger partial charge in [-0.15, -0.1) is 0 Å². The van der Waals surface area contributed by atoms with Crippen LogP contribution in [0.2, 0.25) is 0 Å². The number of nitrogens with one attached hydrogen (secondary N) is 1. The Morgan fingerprint density at radius 3 is 2.79 bits per heavy atom. The minimum atomic E-state index is -1.24. The summed E-state index contributed by atoms with van der Waals surface area (Å²) in [6, 6.07) is 2.50. The lowest BCUT2D eigenvalue weighted by Gasteiger charge is -2.10. The van der Waals surface area contributed by atoms with Gasteiger partial charge < -0.3 is 16.2 Å². The number of carboxylic acids is 1. The lowest BCUT2D eigenvalue weighted by atomic mass is 10.1. The molecule has 4 nitrogen and oxygen atoms in total. The molecule has 4 N–H and O–H groups in total. The molecule has 0 spiro atoms. The molecule has 1 rings (SSSR count). The van der Waals surface area contributed by atoms with Crippen LogP contribution >= 0.6 is 0 Å². The zero-order chi connectivity index (χ0) is 10.7. The fourth-order valence-electron chi connectivity index (χ4n) is 1.16. The molecule has 14 heavy (non-hydrogen) atoms. The van der Waals surface area contributed by atoms with E-state index in [1.807, 2.05) is 6.92 Å². The molecule has 0 aliphatic carbocycles. The summed E-state index contributed by atoms with van der Waals surface area (Å²) in [5, 5.41) is 11.6. The molecule has 0 bridgehead atoms. The monoisotopic (exact) mass is 198 g/mol. The van der Waals surface area contributed by atoms with Crippen molar-refractivity contribution in [2.75, 3.05) is 17.6 Å². The second-order valence-electron chi connectivity index (χ2n) is 2.72. The van der Waals surface area contributed by atoms with Crippen LogP contribution in [0.4, 0.5) is 15.8 Å². The van der Waals surface area contributed by atoms with Crippen LogP contribution in [-0.2, 0) is 0 Å². The van der Waals surface area contributed by atoms with Gasteiger partial charge in [0.2, 0.25) is 0 Å². The van der Waals surface area contributed by atoms with E-state index in [2.05, 4.69) is 5.32 Å². The first-order valence-corrected chi connectivity index (χ1v) is 4.13. The second-order valence-corrected chi connectivity index (χ2v) is 2.72. The molecule has 5 heteroatoms. The predicted molar refractivity (Wildman–Crippen MR) is 51.9 cm³/mol. The van der Waals surface area contributed by atoms with Crippen molar-refractivity contribution in [2.45, 2.75) is 6.92 Å². The average Bonchev–Trinajstić information content (AvgIpc) is 2.11. The fourth-order valence-corrected chi connectivity index (χ4v) is 1.16. The Hall–Kier alpha value is -1.78. The molecule has 1 aromatic rings. The average molecular weight is 198 g/mol. The van der Waals surface area contributed by atoms with Crippen LogP contribution in [0.1, 0.15) is 17.3 Å². The topological polar surface area (TPSA) is 75.3 Å². The molecule has 0 saturated carbocycles. The van der Waals surface area contributed by atoms with Gasteiger partial charge in [0.05, 0.1) is 11.4 Å². The van der Waals surface area contributed by atoms with E-state index in [1.54, 1.807) is 0 Å². The van der Waals surface area contributed by atoms with Crippen LogP contribution in [-0.4, -0.2) is 17.6 Å². The van der Waals surface area contributed by atoms with Gasteiger partial charge in [0.15, 0.2) is 0 Å². The molecule has 0 heterocycles. The molecular formula is C9H11FN2O2. The molecule has 0 atom stereocenters. The highest BCUT2D eigenvalue weighted by Gasteiger charge is 2.16. The van der Waals surface area contributed by atoms with E-state index in [0.717, 1.165) is 6.07 Å². The van der Waals surface area contributed by atoms with Crippen molar-refractivity contribution < 1.29 is 14.3 Å². The Morgan fingerprint density at radius 2 is 2.29 bits per heavy atom. The number of rotatable bonds is 3. The quantitative estimate of drug-likeness (QED) is 0.644. The van der Waals surface area contributed by atoms with Crippen LogP contribution in [0.3, 0.4) is 0 Å². The highest BCUT2D eigenvalue weighted by Crippen LogP contribution is 2.24. The van der Waals surface area contributed by atoms with Crippen molar-refractivity contribution in [3.05, 3.63) is 23.5 Å². The van der Waals surface area contributed by atoms with Crippen LogP contribution in [0.5, 0.6) is 0 Å². The summed E-state index contributed by atoms with van der Waals surface area (Å²) in [6.07, 6.45) is 0. The normalized spacial score (nSPS) is 9.86. The Balaban J connectivity index is 3.30. The minimum Gasteiger partial charge on any atom is -0.478 e. The van der Waals surface area contributed by atoms with Gasteiger partial charge >= 0.3 is 5.97 Å². The number of nitrogen functional groups attached to an aromatic ring is 1. The first-order valence-electron chi connectivity index (χ1n) is 4.13. The Labute approximate surface area is 80.5 Å². The molecule has 0 amide bonds. The summed E-state index contributed by atoms with van der Waals surface area (Å²) in [6.45, 7) is 2.36. The van der Waals surface area contributed by atoms with Gasteiger partial charge in [0.25, 0.3) is 0 Å². The Kier molecular flexibility index (Phi) is 2.91. The van der Waals surface area contributed by atoms with Crippen molar-refractivity contribution in [1.29, 1.82) is 0 Å². The molecule has 0 unspecified atom stereocenters. The number of hydrogen-bond acceptors (Lipinski definition) is 3. The van der Waals surface area contributed by atoms with E-state index in [-0.39, 0.29) is 11.3 Å². The van der Waals surface area contributed by atoms with Gasteiger partial charge in [-0.25, -0.2) is 9.18 Å². The Morgan fingerprint density at radius 1 is 1.64 bits per heavy atom. The zero-order valence-corrected chi connectivity index (χ0v) is 7.67. The third-order valence-corrected chi connectivity index (χ3v) is 1.77. The highest BCUT2D eigenvalue weighted by molar-refractivity contribution is 6.00. The number of benzene rings is 1.